The minimum absolute atomic E-state index is 0.363. The molecule has 0 spiro atoms. The van der Waals surface area contributed by atoms with Crippen molar-refractivity contribution in [3.05, 3.63) is 23.8 Å². The van der Waals surface area contributed by atoms with E-state index in [2.05, 4.69) is 4.90 Å². The van der Waals surface area contributed by atoms with Crippen LogP contribution in [0.25, 0.3) is 0 Å². The Morgan fingerprint density at radius 2 is 2.19 bits per heavy atom. The molecule has 1 saturated heterocycles. The summed E-state index contributed by atoms with van der Waals surface area (Å²) in [6.45, 7) is 0.714. The van der Waals surface area contributed by atoms with Crippen molar-refractivity contribution in [2.75, 3.05) is 11.4 Å². The summed E-state index contributed by atoms with van der Waals surface area (Å²) in [5.74, 6) is 0.363. The first kappa shape index (κ1) is 9.97. The van der Waals surface area contributed by atoms with Gasteiger partial charge in [-0.2, -0.15) is 0 Å². The van der Waals surface area contributed by atoms with Gasteiger partial charge in [0.2, 0.25) is 0 Å². The monoisotopic (exact) mass is 218 g/mol. The Hall–Kier alpha value is -1.22. The molecule has 0 radical (unpaired) electrons. The molecule has 0 amide bonds. The average molecular weight is 218 g/mol. The van der Waals surface area contributed by atoms with E-state index >= 15 is 0 Å². The van der Waals surface area contributed by atoms with Crippen LogP contribution in [0, 0.1) is 0 Å². The molecule has 0 aromatic heterocycles. The number of aromatic hydroxyl groups is 1. The first-order valence-electron chi connectivity index (χ1n) is 6.10. The number of nitrogens with two attached hydrogens (primary N) is 1. The van der Waals surface area contributed by atoms with Crippen molar-refractivity contribution in [1.29, 1.82) is 0 Å². The fraction of sp³-hybridized carbons (Fsp3) is 0.538. The van der Waals surface area contributed by atoms with Crippen LogP contribution in [-0.4, -0.2) is 23.7 Å². The Morgan fingerprint density at radius 1 is 1.31 bits per heavy atom. The van der Waals surface area contributed by atoms with Gasteiger partial charge in [0.05, 0.1) is 0 Å². The molecule has 2 heterocycles. The molecule has 3 nitrogen and oxygen atoms in total. The second-order valence-electron chi connectivity index (χ2n) is 4.88. The molecule has 1 fully saturated rings. The minimum Gasteiger partial charge on any atom is -0.508 e. The van der Waals surface area contributed by atoms with E-state index in [4.69, 9.17) is 5.73 Å². The summed E-state index contributed by atoms with van der Waals surface area (Å²) >= 11 is 0. The Labute approximate surface area is 95.9 Å². The Balaban J connectivity index is 2.04. The molecule has 3 rings (SSSR count). The lowest BCUT2D eigenvalue weighted by Crippen LogP contribution is -2.43. The predicted molar refractivity (Wildman–Crippen MR) is 64.8 cm³/mol. The highest BCUT2D eigenvalue weighted by Gasteiger charge is 2.36. The number of phenolic OH excluding ortho intramolecular Hbond substituents is 1. The fourth-order valence-electron chi connectivity index (χ4n) is 3.20. The van der Waals surface area contributed by atoms with Crippen LogP contribution in [0.3, 0.4) is 0 Å². The van der Waals surface area contributed by atoms with Gasteiger partial charge in [-0.1, -0.05) is 6.07 Å². The second kappa shape index (κ2) is 3.67. The Bertz CT molecular complexity index is 405. The Kier molecular flexibility index (Phi) is 2.28. The van der Waals surface area contributed by atoms with Gasteiger partial charge in [0.15, 0.2) is 0 Å². The first-order chi connectivity index (χ1) is 7.79. The summed E-state index contributed by atoms with van der Waals surface area (Å²) in [7, 11) is 0. The third kappa shape index (κ3) is 1.39. The summed E-state index contributed by atoms with van der Waals surface area (Å²) in [5, 5.41) is 9.61. The van der Waals surface area contributed by atoms with E-state index in [-0.39, 0.29) is 0 Å². The largest absolute Gasteiger partial charge is 0.508 e. The summed E-state index contributed by atoms with van der Waals surface area (Å²) in [6, 6.07) is 6.84. The maximum Gasteiger partial charge on any atom is 0.117 e. The topological polar surface area (TPSA) is 49.5 Å². The molecule has 2 aliphatic heterocycles. The fourth-order valence-corrected chi connectivity index (χ4v) is 3.20. The molecule has 2 unspecified atom stereocenters. The lowest BCUT2D eigenvalue weighted by atomic mass is 9.96. The third-order valence-corrected chi connectivity index (χ3v) is 3.99. The second-order valence-corrected chi connectivity index (χ2v) is 4.88. The summed E-state index contributed by atoms with van der Waals surface area (Å²) in [4.78, 5) is 2.44. The third-order valence-electron chi connectivity index (χ3n) is 3.99. The normalized spacial score (nSPS) is 27.7. The summed E-state index contributed by atoms with van der Waals surface area (Å²) in [6.07, 6.45) is 4.80. The van der Waals surface area contributed by atoms with Gasteiger partial charge in [-0.15, -0.1) is 0 Å². The molecule has 2 atom stereocenters. The maximum atomic E-state index is 9.61. The first-order valence-corrected chi connectivity index (χ1v) is 6.10. The van der Waals surface area contributed by atoms with Crippen molar-refractivity contribution in [2.24, 2.45) is 5.73 Å². The van der Waals surface area contributed by atoms with Gasteiger partial charge in [0.25, 0.3) is 0 Å². The molecule has 86 valence electrons. The van der Waals surface area contributed by atoms with Crippen molar-refractivity contribution in [1.82, 2.24) is 0 Å². The van der Waals surface area contributed by atoms with Crippen LogP contribution in [0.1, 0.15) is 24.8 Å². The SMILES string of the molecule is NCC1CCC2CCc3ccc(O)cc3N12. The zero-order valence-corrected chi connectivity index (χ0v) is 9.39. The van der Waals surface area contributed by atoms with Gasteiger partial charge in [-0.25, -0.2) is 0 Å². The van der Waals surface area contributed by atoms with Crippen molar-refractivity contribution in [3.8, 4) is 5.75 Å². The molecule has 16 heavy (non-hydrogen) atoms. The van der Waals surface area contributed by atoms with Crippen molar-refractivity contribution >= 4 is 5.69 Å². The van der Waals surface area contributed by atoms with Crippen LogP contribution < -0.4 is 10.6 Å². The number of nitrogens with zero attached hydrogens (tertiary/aromatic N) is 1. The summed E-state index contributed by atoms with van der Waals surface area (Å²) in [5.41, 5.74) is 8.40. The number of hydrogen-bond acceptors (Lipinski definition) is 3. The van der Waals surface area contributed by atoms with Crippen LogP contribution >= 0.6 is 0 Å². The number of rotatable bonds is 1. The van der Waals surface area contributed by atoms with Crippen LogP contribution in [0.2, 0.25) is 0 Å². The van der Waals surface area contributed by atoms with Gasteiger partial charge in [0.1, 0.15) is 5.75 Å². The molecule has 0 bridgehead atoms. The van der Waals surface area contributed by atoms with Gasteiger partial charge in [-0.05, 0) is 37.3 Å². The van der Waals surface area contributed by atoms with Crippen LogP contribution in [0.4, 0.5) is 5.69 Å². The van der Waals surface area contributed by atoms with Gasteiger partial charge < -0.3 is 15.7 Å². The lowest BCUT2D eigenvalue weighted by Gasteiger charge is -2.37. The van der Waals surface area contributed by atoms with Crippen LogP contribution in [0.15, 0.2) is 18.2 Å². The Morgan fingerprint density at radius 3 is 3.00 bits per heavy atom. The average Bonchev–Trinajstić information content (AvgIpc) is 2.72. The molecule has 0 saturated carbocycles. The maximum absolute atomic E-state index is 9.61. The molecular formula is C13H18N2O. The molecule has 3 heteroatoms. The van der Waals surface area contributed by atoms with Gasteiger partial charge in [-0.3, -0.25) is 0 Å². The van der Waals surface area contributed by atoms with Crippen LogP contribution in [-0.2, 0) is 6.42 Å². The van der Waals surface area contributed by atoms with Gasteiger partial charge >= 0.3 is 0 Å². The predicted octanol–water partition coefficient (Wildman–Crippen LogP) is 1.63. The van der Waals surface area contributed by atoms with E-state index < -0.39 is 0 Å². The number of fused-ring (bicyclic) bond motifs is 3. The van der Waals surface area contributed by atoms with Crippen molar-refractivity contribution < 1.29 is 5.11 Å². The number of aryl methyl sites for hydroxylation is 1. The van der Waals surface area contributed by atoms with Crippen molar-refractivity contribution in [2.45, 2.75) is 37.8 Å². The highest BCUT2D eigenvalue weighted by molar-refractivity contribution is 5.61. The highest BCUT2D eigenvalue weighted by atomic mass is 16.3. The van der Waals surface area contributed by atoms with E-state index in [1.807, 2.05) is 12.1 Å². The number of anilines is 1. The highest BCUT2D eigenvalue weighted by Crippen LogP contribution is 2.40. The van der Waals surface area contributed by atoms with E-state index in [1.54, 1.807) is 6.07 Å². The number of phenols is 1. The van der Waals surface area contributed by atoms with Gasteiger partial charge in [0, 0.05) is 30.4 Å². The quantitative estimate of drug-likeness (QED) is 0.753. The zero-order chi connectivity index (χ0) is 11.1. The van der Waals surface area contributed by atoms with E-state index in [1.165, 1.54) is 30.5 Å². The van der Waals surface area contributed by atoms with E-state index in [0.717, 1.165) is 6.42 Å². The van der Waals surface area contributed by atoms with Crippen molar-refractivity contribution in [3.63, 3.8) is 0 Å². The molecular weight excluding hydrogens is 200 g/mol. The smallest absolute Gasteiger partial charge is 0.117 e. The molecule has 1 aromatic rings. The zero-order valence-electron chi connectivity index (χ0n) is 9.39. The molecule has 0 aliphatic carbocycles. The minimum atomic E-state index is 0.363. The lowest BCUT2D eigenvalue weighted by molar-refractivity contribution is 0.473. The standard InChI is InChI=1S/C13H18N2O/c14-8-11-5-4-10-3-1-9-2-6-12(16)7-13(9)15(10)11/h2,6-7,10-11,16H,1,3-5,8,14H2. The van der Waals surface area contributed by atoms with E-state index in [0.29, 0.717) is 24.4 Å². The summed E-state index contributed by atoms with van der Waals surface area (Å²) < 4.78 is 0. The molecule has 2 aliphatic rings. The number of hydrogen-bond donors (Lipinski definition) is 2. The van der Waals surface area contributed by atoms with Crippen LogP contribution in [0.5, 0.6) is 5.75 Å². The number of benzene rings is 1. The molecule has 1 aromatic carbocycles. The molecule has 3 N–H and O–H groups in total. The van der Waals surface area contributed by atoms with E-state index in [9.17, 15) is 5.11 Å².